The zero-order chi connectivity index (χ0) is 18.7. The van der Waals surface area contributed by atoms with Gasteiger partial charge in [0.15, 0.2) is 0 Å². The molecule has 0 aliphatic rings. The predicted molar refractivity (Wildman–Crippen MR) is 78.0 cm³/mol. The standard InChI is InChI=1S/C14H8ClF6O3P/c15-24-25(22-11-5-1-3-9(7-11)13(16,17)18)23-12-6-2-4-10(8-12)14(19,20)21/h1-8H. The monoisotopic (exact) mass is 404 g/mol. The van der Waals surface area contributed by atoms with Gasteiger partial charge >= 0.3 is 21.0 Å². The summed E-state index contributed by atoms with van der Waals surface area (Å²) in [5.41, 5.74) is -1.96. The van der Waals surface area contributed by atoms with Gasteiger partial charge in [-0.1, -0.05) is 12.1 Å². The van der Waals surface area contributed by atoms with E-state index >= 15 is 0 Å². The third kappa shape index (κ3) is 5.66. The normalized spacial score (nSPS) is 12.3. The van der Waals surface area contributed by atoms with Crippen LogP contribution in [0.1, 0.15) is 11.1 Å². The van der Waals surface area contributed by atoms with Crippen molar-refractivity contribution in [1.29, 1.82) is 0 Å². The number of hydrogen-bond acceptors (Lipinski definition) is 3. The van der Waals surface area contributed by atoms with Gasteiger partial charge in [0.25, 0.3) is 0 Å². The van der Waals surface area contributed by atoms with E-state index in [1.165, 1.54) is 12.1 Å². The quantitative estimate of drug-likeness (QED) is 0.416. The van der Waals surface area contributed by atoms with Crippen molar-refractivity contribution < 1.29 is 39.5 Å². The molecule has 11 heteroatoms. The lowest BCUT2D eigenvalue weighted by atomic mass is 10.2. The second-order valence-corrected chi connectivity index (χ2v) is 5.89. The van der Waals surface area contributed by atoms with Crippen LogP contribution in [0.5, 0.6) is 11.5 Å². The highest BCUT2D eigenvalue weighted by molar-refractivity contribution is 7.43. The molecule has 0 radical (unpaired) electrons. The highest BCUT2D eigenvalue weighted by Gasteiger charge is 2.32. The van der Waals surface area contributed by atoms with Gasteiger partial charge < -0.3 is 9.05 Å². The first-order valence-electron chi connectivity index (χ1n) is 6.39. The minimum Gasteiger partial charge on any atom is -0.417 e. The zero-order valence-electron chi connectivity index (χ0n) is 11.9. The summed E-state index contributed by atoms with van der Waals surface area (Å²) < 4.78 is 90.3. The van der Waals surface area contributed by atoms with Crippen molar-refractivity contribution in [2.45, 2.75) is 12.4 Å². The Morgan fingerprint density at radius 2 is 1.12 bits per heavy atom. The minimum atomic E-state index is -4.59. The molecular weight excluding hydrogens is 397 g/mol. The second kappa shape index (κ2) is 7.68. The van der Waals surface area contributed by atoms with Crippen LogP contribution in [0.15, 0.2) is 48.5 Å². The molecule has 2 rings (SSSR count). The van der Waals surface area contributed by atoms with Gasteiger partial charge in [0, 0.05) is 0 Å². The molecule has 0 saturated heterocycles. The molecule has 0 fully saturated rings. The van der Waals surface area contributed by atoms with E-state index in [0.29, 0.717) is 12.1 Å². The molecule has 0 amide bonds. The third-order valence-electron chi connectivity index (χ3n) is 2.74. The molecule has 0 N–H and O–H groups in total. The van der Waals surface area contributed by atoms with Crippen molar-refractivity contribution in [3.05, 3.63) is 59.7 Å². The van der Waals surface area contributed by atoms with Gasteiger partial charge in [0.05, 0.1) is 23.0 Å². The van der Waals surface area contributed by atoms with Gasteiger partial charge in [-0.2, -0.15) is 30.4 Å². The van der Waals surface area contributed by atoms with E-state index in [0.717, 1.165) is 24.3 Å². The fourth-order valence-corrected chi connectivity index (χ4v) is 2.51. The second-order valence-electron chi connectivity index (χ2n) is 4.53. The number of alkyl halides is 6. The molecule has 2 aromatic carbocycles. The summed E-state index contributed by atoms with van der Waals surface area (Å²) in [6.45, 7) is 0. The maximum absolute atomic E-state index is 12.6. The summed E-state index contributed by atoms with van der Waals surface area (Å²) >= 11 is 5.16. The molecule has 0 aliphatic carbocycles. The Labute approximate surface area is 144 Å². The van der Waals surface area contributed by atoms with Crippen molar-refractivity contribution in [2.24, 2.45) is 0 Å². The highest BCUT2D eigenvalue weighted by Crippen LogP contribution is 2.44. The lowest BCUT2D eigenvalue weighted by molar-refractivity contribution is -0.138. The van der Waals surface area contributed by atoms with E-state index in [9.17, 15) is 26.3 Å². The SMILES string of the molecule is FC(F)(F)c1cccc(OP(OCl)Oc2cccc(C(F)(F)F)c2)c1. The molecule has 3 nitrogen and oxygen atoms in total. The zero-order valence-corrected chi connectivity index (χ0v) is 13.6. The Morgan fingerprint density at radius 1 is 0.720 bits per heavy atom. The van der Waals surface area contributed by atoms with E-state index in [2.05, 4.69) is 4.08 Å². The maximum atomic E-state index is 12.6. The number of benzene rings is 2. The van der Waals surface area contributed by atoms with Crippen molar-refractivity contribution >= 4 is 20.5 Å². The average Bonchev–Trinajstić information content (AvgIpc) is 2.53. The van der Waals surface area contributed by atoms with E-state index in [-0.39, 0.29) is 11.5 Å². The van der Waals surface area contributed by atoms with Gasteiger partial charge in [-0.15, -0.1) is 0 Å². The highest BCUT2D eigenvalue weighted by atomic mass is 35.5. The molecule has 0 saturated carbocycles. The van der Waals surface area contributed by atoms with Crippen LogP contribution in [-0.2, 0) is 16.4 Å². The number of rotatable bonds is 5. The summed E-state index contributed by atoms with van der Waals surface area (Å²) in [6, 6.07) is 7.57. The van der Waals surface area contributed by atoms with E-state index in [4.69, 9.17) is 20.9 Å². The van der Waals surface area contributed by atoms with Crippen LogP contribution < -0.4 is 9.05 Å². The molecule has 2 aromatic rings. The first-order chi connectivity index (χ1) is 11.6. The smallest absolute Gasteiger partial charge is 0.417 e. The maximum Gasteiger partial charge on any atom is 0.481 e. The fourth-order valence-electron chi connectivity index (χ4n) is 1.68. The van der Waals surface area contributed by atoms with Crippen LogP contribution in [0.25, 0.3) is 0 Å². The first-order valence-corrected chi connectivity index (χ1v) is 7.79. The Kier molecular flexibility index (Phi) is 6.03. The molecule has 0 unspecified atom stereocenters. The fraction of sp³-hybridized carbons (Fsp3) is 0.143. The molecule has 25 heavy (non-hydrogen) atoms. The molecule has 0 atom stereocenters. The van der Waals surface area contributed by atoms with Crippen molar-refractivity contribution in [2.75, 3.05) is 0 Å². The molecule has 0 aliphatic heterocycles. The van der Waals surface area contributed by atoms with Crippen LogP contribution in [0.4, 0.5) is 26.3 Å². The Hall–Kier alpha value is -1.70. The lowest BCUT2D eigenvalue weighted by Crippen LogP contribution is -2.06. The summed E-state index contributed by atoms with van der Waals surface area (Å²) in [5.74, 6) is -0.540. The summed E-state index contributed by atoms with van der Waals surface area (Å²) in [4.78, 5) is 0. The molecular formula is C14H8ClF6O3P. The summed E-state index contributed by atoms with van der Waals surface area (Å²) in [6.07, 6.45) is -9.18. The van der Waals surface area contributed by atoms with Crippen molar-refractivity contribution in [1.82, 2.24) is 0 Å². The van der Waals surface area contributed by atoms with Crippen LogP contribution in [-0.4, -0.2) is 0 Å². The molecule has 0 heterocycles. The molecule has 136 valence electrons. The van der Waals surface area contributed by atoms with Gasteiger partial charge in [-0.3, -0.25) is 0 Å². The van der Waals surface area contributed by atoms with Crippen LogP contribution >= 0.6 is 20.5 Å². The largest absolute Gasteiger partial charge is 0.481 e. The van der Waals surface area contributed by atoms with Gasteiger partial charge in [0.2, 0.25) is 0 Å². The third-order valence-corrected chi connectivity index (χ3v) is 3.91. The lowest BCUT2D eigenvalue weighted by Gasteiger charge is -2.16. The summed E-state index contributed by atoms with van der Waals surface area (Å²) in [5, 5.41) is 0. The van der Waals surface area contributed by atoms with E-state index in [1.807, 2.05) is 0 Å². The van der Waals surface area contributed by atoms with Gasteiger partial charge in [0.1, 0.15) is 11.5 Å². The van der Waals surface area contributed by atoms with Gasteiger partial charge in [-0.25, -0.2) is 0 Å². The predicted octanol–water partition coefficient (Wildman–Crippen LogP) is 6.58. The van der Waals surface area contributed by atoms with Crippen molar-refractivity contribution in [3.8, 4) is 11.5 Å². The molecule has 0 aromatic heterocycles. The number of hydrogen-bond donors (Lipinski definition) is 0. The molecule has 0 spiro atoms. The Morgan fingerprint density at radius 3 is 1.44 bits per heavy atom. The Bertz CT molecular complexity index is 663. The number of halogens is 7. The van der Waals surface area contributed by atoms with Crippen LogP contribution in [0.2, 0.25) is 0 Å². The summed E-state index contributed by atoms with van der Waals surface area (Å²) in [7, 11) is -2.48. The molecule has 0 bridgehead atoms. The Balaban J connectivity index is 2.14. The minimum absolute atomic E-state index is 0.270. The van der Waals surface area contributed by atoms with Crippen LogP contribution in [0, 0.1) is 0 Å². The first kappa shape index (κ1) is 19.6. The van der Waals surface area contributed by atoms with E-state index in [1.54, 1.807) is 0 Å². The van der Waals surface area contributed by atoms with Gasteiger partial charge in [-0.05, 0) is 36.4 Å². The van der Waals surface area contributed by atoms with E-state index < -0.39 is 32.1 Å². The topological polar surface area (TPSA) is 27.7 Å². The average molecular weight is 405 g/mol. The van der Waals surface area contributed by atoms with Crippen molar-refractivity contribution in [3.63, 3.8) is 0 Å². The van der Waals surface area contributed by atoms with Crippen LogP contribution in [0.3, 0.4) is 0 Å².